The van der Waals surface area contributed by atoms with Crippen molar-refractivity contribution in [3.63, 3.8) is 0 Å². The SMILES string of the molecule is CCCCCCCCCCCCC/C=C/C(O)C(CO)NC(=O)CCCCCCCCCCCCCCCCCCCCCCCCCCOC(=O)CCCCCCCCCCCCCCCCCCCC. The van der Waals surface area contributed by atoms with Gasteiger partial charge < -0.3 is 20.3 Å². The van der Waals surface area contributed by atoms with Gasteiger partial charge in [0.2, 0.25) is 5.91 Å². The molecule has 3 N–H and O–H groups in total. The summed E-state index contributed by atoms with van der Waals surface area (Å²) in [6, 6.07) is -0.625. The van der Waals surface area contributed by atoms with E-state index in [2.05, 4.69) is 19.2 Å². The quantitative estimate of drug-likeness (QED) is 0.0320. The summed E-state index contributed by atoms with van der Waals surface area (Å²) >= 11 is 0. The van der Waals surface area contributed by atoms with E-state index >= 15 is 0 Å². The van der Waals surface area contributed by atoms with Gasteiger partial charge >= 0.3 is 5.97 Å². The third-order valence-electron chi connectivity index (χ3n) is 15.6. The normalized spacial score (nSPS) is 12.6. The molecule has 0 aliphatic rings. The highest BCUT2D eigenvalue weighted by molar-refractivity contribution is 5.76. The predicted octanol–water partition coefficient (Wildman–Crippen LogP) is 20.8. The Balaban J connectivity index is 3.34. The van der Waals surface area contributed by atoms with Gasteiger partial charge in [-0.1, -0.05) is 341 Å². The minimum atomic E-state index is -0.842. The summed E-state index contributed by atoms with van der Waals surface area (Å²) in [6.45, 7) is 4.93. The van der Waals surface area contributed by atoms with Gasteiger partial charge in [-0.3, -0.25) is 9.59 Å². The molecule has 72 heavy (non-hydrogen) atoms. The molecule has 6 heteroatoms. The maximum atomic E-state index is 12.5. The first-order valence-electron chi connectivity index (χ1n) is 33.0. The van der Waals surface area contributed by atoms with E-state index in [0.29, 0.717) is 19.4 Å². The number of allylic oxidation sites excluding steroid dienone is 1. The maximum Gasteiger partial charge on any atom is 0.305 e. The Morgan fingerprint density at radius 1 is 0.375 bits per heavy atom. The van der Waals surface area contributed by atoms with Crippen LogP contribution in [0.4, 0.5) is 0 Å². The summed E-state index contributed by atoms with van der Waals surface area (Å²) in [6.07, 6.45) is 75.6. The molecule has 1 amide bonds. The lowest BCUT2D eigenvalue weighted by Crippen LogP contribution is -2.45. The van der Waals surface area contributed by atoms with Gasteiger partial charge in [-0.15, -0.1) is 0 Å². The van der Waals surface area contributed by atoms with E-state index in [1.54, 1.807) is 6.08 Å². The maximum absolute atomic E-state index is 12.5. The summed E-state index contributed by atoms with van der Waals surface area (Å²) in [5, 5.41) is 23.1. The van der Waals surface area contributed by atoms with Gasteiger partial charge in [0.15, 0.2) is 0 Å². The van der Waals surface area contributed by atoms with Gasteiger partial charge in [0, 0.05) is 12.8 Å². The fourth-order valence-corrected chi connectivity index (χ4v) is 10.5. The molecule has 0 aromatic rings. The lowest BCUT2D eigenvalue weighted by Gasteiger charge is -2.20. The van der Waals surface area contributed by atoms with E-state index in [1.807, 2.05) is 6.08 Å². The third-order valence-corrected chi connectivity index (χ3v) is 15.6. The molecule has 0 aliphatic carbocycles. The van der Waals surface area contributed by atoms with Crippen molar-refractivity contribution in [2.75, 3.05) is 13.2 Å². The van der Waals surface area contributed by atoms with E-state index in [-0.39, 0.29) is 18.5 Å². The van der Waals surface area contributed by atoms with E-state index in [9.17, 15) is 19.8 Å². The second-order valence-electron chi connectivity index (χ2n) is 22.8. The number of aliphatic hydroxyl groups is 2. The van der Waals surface area contributed by atoms with Crippen LogP contribution in [0.15, 0.2) is 12.2 Å². The molecule has 0 aromatic carbocycles. The van der Waals surface area contributed by atoms with Crippen LogP contribution in [0.3, 0.4) is 0 Å². The van der Waals surface area contributed by atoms with Gasteiger partial charge in [0.25, 0.3) is 0 Å². The molecule has 0 heterocycles. The van der Waals surface area contributed by atoms with Gasteiger partial charge in [-0.05, 0) is 32.1 Å². The highest BCUT2D eigenvalue weighted by Crippen LogP contribution is 2.19. The number of ether oxygens (including phenoxy) is 1. The van der Waals surface area contributed by atoms with Crippen LogP contribution in [0.5, 0.6) is 0 Å². The highest BCUT2D eigenvalue weighted by atomic mass is 16.5. The van der Waals surface area contributed by atoms with E-state index in [0.717, 1.165) is 38.5 Å². The number of carbonyl (C=O) groups excluding carboxylic acids is 2. The minimum Gasteiger partial charge on any atom is -0.466 e. The fraction of sp³-hybridized carbons (Fsp3) is 0.939. The number of hydrogen-bond donors (Lipinski definition) is 3. The van der Waals surface area contributed by atoms with Crippen molar-refractivity contribution in [3.05, 3.63) is 12.2 Å². The molecule has 0 saturated carbocycles. The molecule has 0 aliphatic heterocycles. The molecule has 0 aromatic heterocycles. The van der Waals surface area contributed by atoms with Crippen molar-refractivity contribution in [1.82, 2.24) is 5.32 Å². The largest absolute Gasteiger partial charge is 0.466 e. The third kappa shape index (κ3) is 57.9. The highest BCUT2D eigenvalue weighted by Gasteiger charge is 2.18. The zero-order valence-electron chi connectivity index (χ0n) is 48.9. The topological polar surface area (TPSA) is 95.9 Å². The molecular weight excluding hydrogens is 887 g/mol. The van der Waals surface area contributed by atoms with Crippen LogP contribution in [0.2, 0.25) is 0 Å². The van der Waals surface area contributed by atoms with Crippen LogP contribution in [-0.2, 0) is 14.3 Å². The fourth-order valence-electron chi connectivity index (χ4n) is 10.5. The number of carbonyl (C=O) groups is 2. The molecule has 0 radical (unpaired) electrons. The van der Waals surface area contributed by atoms with Crippen LogP contribution >= 0.6 is 0 Å². The Labute approximate surface area is 450 Å². The zero-order valence-corrected chi connectivity index (χ0v) is 48.9. The number of unbranched alkanes of at least 4 members (excludes halogenated alkanes) is 51. The predicted molar refractivity (Wildman–Crippen MR) is 315 cm³/mol. The van der Waals surface area contributed by atoms with Crippen molar-refractivity contribution in [2.24, 2.45) is 0 Å². The standard InChI is InChI=1S/C66H129NO5/c1-3-5-7-9-11-13-15-17-18-19-29-32-36-40-44-48-52-56-60-66(71)72-61-57-53-49-45-41-37-33-30-27-25-23-21-20-22-24-26-28-31-35-39-43-47-51-55-59-65(70)67-63(62-68)64(69)58-54-50-46-42-38-34-16-14-12-10-8-6-4-2/h54,58,63-64,68-69H,3-53,55-57,59-62H2,1-2H3,(H,67,70)/b58-54+. The number of hydrogen-bond acceptors (Lipinski definition) is 5. The first-order chi connectivity index (χ1) is 35.5. The van der Waals surface area contributed by atoms with Crippen molar-refractivity contribution in [1.29, 1.82) is 0 Å². The Bertz CT molecular complexity index is 1080. The molecule has 0 rings (SSSR count). The molecular formula is C66H129NO5. The van der Waals surface area contributed by atoms with Crippen LogP contribution in [-0.4, -0.2) is 47.4 Å². The second-order valence-corrected chi connectivity index (χ2v) is 22.8. The molecule has 0 bridgehead atoms. The van der Waals surface area contributed by atoms with Crippen LogP contribution in [0, 0.1) is 0 Å². The van der Waals surface area contributed by atoms with Crippen molar-refractivity contribution >= 4 is 11.9 Å². The Morgan fingerprint density at radius 2 is 0.639 bits per heavy atom. The van der Waals surface area contributed by atoms with E-state index in [4.69, 9.17) is 4.74 Å². The summed E-state index contributed by atoms with van der Waals surface area (Å²) in [4.78, 5) is 24.6. The monoisotopic (exact) mass is 1020 g/mol. The van der Waals surface area contributed by atoms with E-state index in [1.165, 1.54) is 308 Å². The molecule has 428 valence electrons. The van der Waals surface area contributed by atoms with Crippen molar-refractivity contribution < 1.29 is 24.5 Å². The lowest BCUT2D eigenvalue weighted by atomic mass is 10.0. The smallest absolute Gasteiger partial charge is 0.305 e. The number of rotatable bonds is 62. The Morgan fingerprint density at radius 3 is 0.944 bits per heavy atom. The van der Waals surface area contributed by atoms with Gasteiger partial charge in [-0.25, -0.2) is 0 Å². The van der Waals surface area contributed by atoms with Crippen LogP contribution in [0.1, 0.15) is 373 Å². The molecule has 2 atom stereocenters. The summed E-state index contributed by atoms with van der Waals surface area (Å²) in [7, 11) is 0. The number of aliphatic hydroxyl groups excluding tert-OH is 2. The first-order valence-corrected chi connectivity index (χ1v) is 33.0. The van der Waals surface area contributed by atoms with Gasteiger partial charge in [0.1, 0.15) is 0 Å². The molecule has 0 saturated heterocycles. The summed E-state index contributed by atoms with van der Waals surface area (Å²) < 4.78 is 5.51. The minimum absolute atomic E-state index is 0.0201. The zero-order chi connectivity index (χ0) is 52.2. The van der Waals surface area contributed by atoms with Crippen LogP contribution in [0.25, 0.3) is 0 Å². The van der Waals surface area contributed by atoms with Crippen LogP contribution < -0.4 is 5.32 Å². The number of esters is 1. The molecule has 0 fully saturated rings. The molecule has 2 unspecified atom stereocenters. The Kier molecular flexibility index (Phi) is 60.9. The lowest BCUT2D eigenvalue weighted by molar-refractivity contribution is -0.143. The van der Waals surface area contributed by atoms with Crippen molar-refractivity contribution in [2.45, 2.75) is 386 Å². The number of amides is 1. The Hall–Kier alpha value is -1.40. The first kappa shape index (κ1) is 70.6. The van der Waals surface area contributed by atoms with Crippen molar-refractivity contribution in [3.8, 4) is 0 Å². The molecule has 0 spiro atoms. The average molecular weight is 1020 g/mol. The summed E-state index contributed by atoms with van der Waals surface area (Å²) in [5.74, 6) is -0.0450. The van der Waals surface area contributed by atoms with E-state index < -0.39 is 12.1 Å². The van der Waals surface area contributed by atoms with Gasteiger partial charge in [0.05, 0.1) is 25.4 Å². The molecule has 6 nitrogen and oxygen atoms in total. The van der Waals surface area contributed by atoms with Gasteiger partial charge in [-0.2, -0.15) is 0 Å². The number of nitrogens with one attached hydrogen (secondary N) is 1. The summed E-state index contributed by atoms with van der Waals surface area (Å²) in [5.41, 5.74) is 0. The second kappa shape index (κ2) is 62.1. The average Bonchev–Trinajstić information content (AvgIpc) is 3.38.